The van der Waals surface area contributed by atoms with E-state index in [4.69, 9.17) is 9.47 Å². The fraction of sp³-hybridized carbons (Fsp3) is 0.0909. The summed E-state index contributed by atoms with van der Waals surface area (Å²) in [6.45, 7) is -0.0168. The van der Waals surface area contributed by atoms with Crippen molar-refractivity contribution < 1.29 is 28.7 Å². The summed E-state index contributed by atoms with van der Waals surface area (Å²) in [6, 6.07) is 18.6. The average Bonchev–Trinajstić information content (AvgIpc) is 2.77. The van der Waals surface area contributed by atoms with Crippen molar-refractivity contribution in [3.8, 4) is 11.5 Å². The minimum absolute atomic E-state index is 0.0168. The van der Waals surface area contributed by atoms with Crippen LogP contribution in [0.2, 0.25) is 0 Å². The number of benzene rings is 3. The molecular weight excluding hydrogens is 390 g/mol. The first-order valence-corrected chi connectivity index (χ1v) is 8.83. The standard InChI is InChI=1S/C22H17NO7/c1-28-21(24)16-5-2-4-15(12-16)14-29-22(25)17-6-3-7-20(13-17)30-19-10-8-18(9-11-19)23(26)27/h2-13H,14H2,1H3. The number of non-ortho nitro benzene ring substituents is 1. The van der Waals surface area contributed by atoms with Gasteiger partial charge >= 0.3 is 11.9 Å². The van der Waals surface area contributed by atoms with Crippen molar-refractivity contribution in [3.05, 3.63) is 99.6 Å². The highest BCUT2D eigenvalue weighted by Crippen LogP contribution is 2.25. The summed E-state index contributed by atoms with van der Waals surface area (Å²) in [5.74, 6) is -0.261. The second-order valence-electron chi connectivity index (χ2n) is 6.15. The van der Waals surface area contributed by atoms with Gasteiger partial charge in [0.25, 0.3) is 5.69 Å². The van der Waals surface area contributed by atoms with E-state index in [2.05, 4.69) is 4.74 Å². The van der Waals surface area contributed by atoms with Gasteiger partial charge in [-0.05, 0) is 48.0 Å². The molecule has 152 valence electrons. The Bertz CT molecular complexity index is 1080. The largest absolute Gasteiger partial charge is 0.465 e. The first kappa shape index (κ1) is 20.5. The van der Waals surface area contributed by atoms with Gasteiger partial charge in [-0.2, -0.15) is 0 Å². The molecule has 0 amide bonds. The van der Waals surface area contributed by atoms with Gasteiger partial charge in [-0.25, -0.2) is 9.59 Å². The lowest BCUT2D eigenvalue weighted by atomic mass is 10.1. The number of hydrogen-bond donors (Lipinski definition) is 0. The van der Waals surface area contributed by atoms with Gasteiger partial charge in [-0.15, -0.1) is 0 Å². The molecular formula is C22H17NO7. The molecule has 0 aliphatic carbocycles. The van der Waals surface area contributed by atoms with Crippen LogP contribution in [0.5, 0.6) is 11.5 Å². The Morgan fingerprint density at radius 1 is 0.867 bits per heavy atom. The zero-order chi connectivity index (χ0) is 21.5. The van der Waals surface area contributed by atoms with Crippen LogP contribution in [0.15, 0.2) is 72.8 Å². The van der Waals surface area contributed by atoms with E-state index in [1.165, 1.54) is 37.4 Å². The highest BCUT2D eigenvalue weighted by atomic mass is 16.6. The van der Waals surface area contributed by atoms with Gasteiger partial charge < -0.3 is 14.2 Å². The van der Waals surface area contributed by atoms with E-state index >= 15 is 0 Å². The van der Waals surface area contributed by atoms with Crippen LogP contribution in [0.4, 0.5) is 5.69 Å². The first-order valence-electron chi connectivity index (χ1n) is 8.83. The van der Waals surface area contributed by atoms with Crippen molar-refractivity contribution in [1.82, 2.24) is 0 Å². The van der Waals surface area contributed by atoms with Crippen molar-refractivity contribution in [3.63, 3.8) is 0 Å². The molecule has 0 fully saturated rings. The number of esters is 2. The summed E-state index contributed by atoms with van der Waals surface area (Å²) in [5.41, 5.74) is 1.24. The van der Waals surface area contributed by atoms with Gasteiger partial charge in [0.1, 0.15) is 18.1 Å². The monoisotopic (exact) mass is 407 g/mol. The van der Waals surface area contributed by atoms with Crippen LogP contribution in [-0.4, -0.2) is 24.0 Å². The molecule has 0 radical (unpaired) electrons. The van der Waals surface area contributed by atoms with Crippen LogP contribution in [0.25, 0.3) is 0 Å². The molecule has 3 rings (SSSR count). The molecule has 0 N–H and O–H groups in total. The highest BCUT2D eigenvalue weighted by molar-refractivity contribution is 5.90. The number of hydrogen-bond acceptors (Lipinski definition) is 7. The Morgan fingerprint density at radius 2 is 1.53 bits per heavy atom. The summed E-state index contributed by atoms with van der Waals surface area (Å²) in [5, 5.41) is 10.7. The summed E-state index contributed by atoms with van der Waals surface area (Å²) in [7, 11) is 1.29. The Morgan fingerprint density at radius 3 is 2.20 bits per heavy atom. The predicted molar refractivity (Wildman–Crippen MR) is 107 cm³/mol. The van der Waals surface area contributed by atoms with Gasteiger partial charge in [-0.3, -0.25) is 10.1 Å². The Kier molecular flexibility index (Phi) is 6.39. The normalized spacial score (nSPS) is 10.2. The highest BCUT2D eigenvalue weighted by Gasteiger charge is 2.11. The fourth-order valence-electron chi connectivity index (χ4n) is 2.60. The Balaban J connectivity index is 1.64. The van der Waals surface area contributed by atoms with Crippen LogP contribution in [0.1, 0.15) is 26.3 Å². The third-order valence-corrected chi connectivity index (χ3v) is 4.07. The topological polar surface area (TPSA) is 105 Å². The summed E-state index contributed by atoms with van der Waals surface area (Å²) in [4.78, 5) is 34.2. The van der Waals surface area contributed by atoms with E-state index < -0.39 is 16.9 Å². The Labute approximate surface area is 171 Å². The molecule has 3 aromatic carbocycles. The first-order chi connectivity index (χ1) is 14.5. The smallest absolute Gasteiger partial charge is 0.338 e. The van der Waals surface area contributed by atoms with E-state index in [9.17, 15) is 19.7 Å². The molecule has 0 spiro atoms. The van der Waals surface area contributed by atoms with Crippen molar-refractivity contribution in [1.29, 1.82) is 0 Å². The van der Waals surface area contributed by atoms with Gasteiger partial charge in [0.15, 0.2) is 0 Å². The number of nitro groups is 1. The van der Waals surface area contributed by atoms with E-state index in [0.29, 0.717) is 22.6 Å². The number of carbonyl (C=O) groups excluding carboxylic acids is 2. The van der Waals surface area contributed by atoms with E-state index in [1.54, 1.807) is 42.5 Å². The summed E-state index contributed by atoms with van der Waals surface area (Å²) in [6.07, 6.45) is 0. The van der Waals surface area contributed by atoms with Crippen LogP contribution in [0.3, 0.4) is 0 Å². The second-order valence-corrected chi connectivity index (χ2v) is 6.15. The molecule has 0 unspecified atom stereocenters. The maximum Gasteiger partial charge on any atom is 0.338 e. The van der Waals surface area contributed by atoms with Gasteiger partial charge in [0.05, 0.1) is 23.2 Å². The van der Waals surface area contributed by atoms with E-state index in [-0.39, 0.29) is 17.9 Å². The molecule has 0 bridgehead atoms. The third kappa shape index (κ3) is 5.20. The lowest BCUT2D eigenvalue weighted by Crippen LogP contribution is -2.06. The van der Waals surface area contributed by atoms with Crippen molar-refractivity contribution in [2.24, 2.45) is 0 Å². The third-order valence-electron chi connectivity index (χ3n) is 4.07. The summed E-state index contributed by atoms with van der Waals surface area (Å²) >= 11 is 0. The maximum atomic E-state index is 12.4. The predicted octanol–water partition coefficient (Wildman–Crippen LogP) is 4.53. The van der Waals surface area contributed by atoms with Crippen LogP contribution in [-0.2, 0) is 16.1 Å². The number of ether oxygens (including phenoxy) is 3. The molecule has 0 heterocycles. The molecule has 3 aromatic rings. The number of rotatable bonds is 7. The summed E-state index contributed by atoms with van der Waals surface area (Å²) < 4.78 is 15.6. The molecule has 0 aliphatic heterocycles. The van der Waals surface area contributed by atoms with Gasteiger partial charge in [-0.1, -0.05) is 18.2 Å². The molecule has 0 saturated carbocycles. The minimum atomic E-state index is -0.562. The lowest BCUT2D eigenvalue weighted by Gasteiger charge is -2.09. The van der Waals surface area contributed by atoms with E-state index in [0.717, 1.165) is 0 Å². The van der Waals surface area contributed by atoms with Crippen molar-refractivity contribution >= 4 is 17.6 Å². The minimum Gasteiger partial charge on any atom is -0.465 e. The van der Waals surface area contributed by atoms with Gasteiger partial charge in [0.2, 0.25) is 0 Å². The lowest BCUT2D eigenvalue weighted by molar-refractivity contribution is -0.384. The number of carbonyl (C=O) groups is 2. The molecule has 0 atom stereocenters. The molecule has 30 heavy (non-hydrogen) atoms. The molecule has 8 heteroatoms. The fourth-order valence-corrected chi connectivity index (χ4v) is 2.60. The number of nitro benzene ring substituents is 1. The zero-order valence-corrected chi connectivity index (χ0v) is 15.9. The molecule has 0 saturated heterocycles. The maximum absolute atomic E-state index is 12.4. The molecule has 0 aliphatic rings. The SMILES string of the molecule is COC(=O)c1cccc(COC(=O)c2cccc(Oc3ccc([N+](=O)[O-])cc3)c2)c1. The number of nitrogens with zero attached hydrogens (tertiary/aromatic N) is 1. The van der Waals surface area contributed by atoms with Crippen LogP contribution < -0.4 is 4.74 Å². The quantitative estimate of drug-likeness (QED) is 0.322. The van der Waals surface area contributed by atoms with Crippen molar-refractivity contribution in [2.45, 2.75) is 6.61 Å². The second kappa shape index (κ2) is 9.33. The molecule has 8 nitrogen and oxygen atoms in total. The van der Waals surface area contributed by atoms with Gasteiger partial charge in [0, 0.05) is 12.1 Å². The molecule has 0 aromatic heterocycles. The number of methoxy groups -OCH3 is 1. The zero-order valence-electron chi connectivity index (χ0n) is 15.9. The average molecular weight is 407 g/mol. The van der Waals surface area contributed by atoms with E-state index in [1.807, 2.05) is 0 Å². The van der Waals surface area contributed by atoms with Crippen LogP contribution in [0, 0.1) is 10.1 Å². The van der Waals surface area contributed by atoms with Crippen LogP contribution >= 0.6 is 0 Å². The Hall–Kier alpha value is -4.20. The van der Waals surface area contributed by atoms with Crippen molar-refractivity contribution in [2.75, 3.05) is 7.11 Å².